The van der Waals surface area contributed by atoms with Gasteiger partial charge in [-0.3, -0.25) is 9.59 Å². The normalized spacial score (nSPS) is 10.6. The summed E-state index contributed by atoms with van der Waals surface area (Å²) < 4.78 is 4.71. The fourth-order valence-corrected chi connectivity index (χ4v) is 2.76. The fraction of sp³-hybridized carbons (Fsp3) is 0.200. The molecular weight excluding hydrogens is 346 g/mol. The van der Waals surface area contributed by atoms with Crippen molar-refractivity contribution in [1.82, 2.24) is 9.97 Å². The van der Waals surface area contributed by atoms with Gasteiger partial charge in [-0.15, -0.1) is 0 Å². The van der Waals surface area contributed by atoms with Crippen molar-refractivity contribution in [1.29, 1.82) is 0 Å². The summed E-state index contributed by atoms with van der Waals surface area (Å²) >= 11 is 0. The van der Waals surface area contributed by atoms with E-state index in [2.05, 4.69) is 15.3 Å². The Balaban J connectivity index is 1.61. The SMILES string of the molecule is COC(=O)c1ccccc1NC(=O)CCCc1nc2ccccc2c(=O)[nH]1. The Morgan fingerprint density at radius 3 is 2.67 bits per heavy atom. The van der Waals surface area contributed by atoms with E-state index >= 15 is 0 Å². The van der Waals surface area contributed by atoms with Gasteiger partial charge in [0.2, 0.25) is 5.91 Å². The van der Waals surface area contributed by atoms with E-state index in [1.807, 2.05) is 6.07 Å². The smallest absolute Gasteiger partial charge is 0.339 e. The third-order valence-corrected chi connectivity index (χ3v) is 4.09. The van der Waals surface area contributed by atoms with Crippen LogP contribution in [0.1, 0.15) is 29.0 Å². The molecule has 7 heteroatoms. The fourth-order valence-electron chi connectivity index (χ4n) is 2.76. The molecule has 3 rings (SSSR count). The Bertz CT molecular complexity index is 1040. The Labute approximate surface area is 155 Å². The number of benzene rings is 2. The molecule has 0 fully saturated rings. The highest BCUT2D eigenvalue weighted by Crippen LogP contribution is 2.16. The van der Waals surface area contributed by atoms with Crippen LogP contribution < -0.4 is 10.9 Å². The minimum atomic E-state index is -0.510. The summed E-state index contributed by atoms with van der Waals surface area (Å²) in [7, 11) is 1.29. The van der Waals surface area contributed by atoms with Crippen LogP contribution in [0.5, 0.6) is 0 Å². The second-order valence-corrected chi connectivity index (χ2v) is 5.97. The third kappa shape index (κ3) is 4.38. The first kappa shape index (κ1) is 18.3. The van der Waals surface area contributed by atoms with E-state index in [1.54, 1.807) is 42.5 Å². The third-order valence-electron chi connectivity index (χ3n) is 4.09. The minimum absolute atomic E-state index is 0.188. The molecule has 0 bridgehead atoms. The zero-order valence-electron chi connectivity index (χ0n) is 14.8. The molecule has 3 aromatic rings. The van der Waals surface area contributed by atoms with Crippen molar-refractivity contribution in [3.8, 4) is 0 Å². The lowest BCUT2D eigenvalue weighted by Crippen LogP contribution is -2.16. The van der Waals surface area contributed by atoms with E-state index < -0.39 is 5.97 Å². The van der Waals surface area contributed by atoms with Crippen LogP contribution in [0.2, 0.25) is 0 Å². The van der Waals surface area contributed by atoms with Gasteiger partial charge in [-0.05, 0) is 30.7 Å². The minimum Gasteiger partial charge on any atom is -0.465 e. The Kier molecular flexibility index (Phi) is 5.61. The zero-order valence-corrected chi connectivity index (χ0v) is 14.8. The lowest BCUT2D eigenvalue weighted by atomic mass is 10.1. The largest absolute Gasteiger partial charge is 0.465 e. The maximum Gasteiger partial charge on any atom is 0.339 e. The summed E-state index contributed by atoms with van der Waals surface area (Å²) in [5, 5.41) is 3.26. The Morgan fingerprint density at radius 1 is 1.11 bits per heavy atom. The van der Waals surface area contributed by atoms with Crippen molar-refractivity contribution in [2.45, 2.75) is 19.3 Å². The van der Waals surface area contributed by atoms with Gasteiger partial charge < -0.3 is 15.0 Å². The molecule has 0 saturated heterocycles. The van der Waals surface area contributed by atoms with Crippen LogP contribution in [-0.4, -0.2) is 29.0 Å². The number of methoxy groups -OCH3 is 1. The summed E-state index contributed by atoms with van der Waals surface area (Å²) in [4.78, 5) is 43.1. The number of fused-ring (bicyclic) bond motifs is 1. The number of nitrogens with zero attached hydrogens (tertiary/aromatic N) is 1. The number of carbonyl (C=O) groups is 2. The number of amides is 1. The summed E-state index contributed by atoms with van der Waals surface area (Å²) in [5.41, 5.74) is 1.15. The van der Waals surface area contributed by atoms with E-state index in [-0.39, 0.29) is 17.9 Å². The summed E-state index contributed by atoms with van der Waals surface area (Å²) in [6.07, 6.45) is 1.20. The number of esters is 1. The van der Waals surface area contributed by atoms with Gasteiger partial charge in [-0.2, -0.15) is 0 Å². The molecule has 0 aliphatic rings. The molecule has 0 aliphatic heterocycles. The van der Waals surface area contributed by atoms with Gasteiger partial charge >= 0.3 is 5.97 Å². The highest BCUT2D eigenvalue weighted by atomic mass is 16.5. The Hall–Kier alpha value is -3.48. The number of H-pyrrole nitrogens is 1. The predicted octanol–water partition coefficient (Wildman–Crippen LogP) is 2.67. The van der Waals surface area contributed by atoms with Gasteiger partial charge in [0.25, 0.3) is 5.56 Å². The number of aryl methyl sites for hydroxylation is 1. The number of aromatic nitrogens is 2. The molecule has 2 N–H and O–H groups in total. The van der Waals surface area contributed by atoms with Gasteiger partial charge in [0.15, 0.2) is 0 Å². The quantitative estimate of drug-likeness (QED) is 0.654. The number of aromatic amines is 1. The number of hydrogen-bond donors (Lipinski definition) is 2. The van der Waals surface area contributed by atoms with Crippen LogP contribution in [0.15, 0.2) is 53.3 Å². The van der Waals surface area contributed by atoms with E-state index in [1.165, 1.54) is 7.11 Å². The first-order valence-corrected chi connectivity index (χ1v) is 8.53. The molecule has 0 spiro atoms. The molecule has 0 radical (unpaired) electrons. The molecule has 1 heterocycles. The van der Waals surface area contributed by atoms with Crippen molar-refractivity contribution in [2.75, 3.05) is 12.4 Å². The second kappa shape index (κ2) is 8.27. The van der Waals surface area contributed by atoms with Gasteiger partial charge in [0.1, 0.15) is 5.82 Å². The van der Waals surface area contributed by atoms with Gasteiger partial charge in [0.05, 0.1) is 29.3 Å². The number of hydrogen-bond acceptors (Lipinski definition) is 5. The number of ether oxygens (including phenoxy) is 1. The first-order valence-electron chi connectivity index (χ1n) is 8.53. The van der Waals surface area contributed by atoms with Gasteiger partial charge in [-0.1, -0.05) is 24.3 Å². The molecular formula is C20H19N3O4. The number of rotatable bonds is 6. The van der Waals surface area contributed by atoms with Gasteiger partial charge in [0, 0.05) is 12.8 Å². The van der Waals surface area contributed by atoms with Crippen LogP contribution in [0, 0.1) is 0 Å². The van der Waals surface area contributed by atoms with Crippen molar-refractivity contribution in [3.05, 3.63) is 70.3 Å². The van der Waals surface area contributed by atoms with Crippen molar-refractivity contribution >= 4 is 28.5 Å². The molecule has 27 heavy (non-hydrogen) atoms. The number of para-hydroxylation sites is 2. The lowest BCUT2D eigenvalue weighted by Gasteiger charge is -2.09. The van der Waals surface area contributed by atoms with Crippen molar-refractivity contribution in [2.24, 2.45) is 0 Å². The average molecular weight is 365 g/mol. The van der Waals surface area contributed by atoms with E-state index in [0.717, 1.165) is 0 Å². The first-order chi connectivity index (χ1) is 13.1. The molecule has 7 nitrogen and oxygen atoms in total. The molecule has 0 atom stereocenters. The van der Waals surface area contributed by atoms with E-state index in [9.17, 15) is 14.4 Å². The highest BCUT2D eigenvalue weighted by Gasteiger charge is 2.13. The predicted molar refractivity (Wildman–Crippen MR) is 102 cm³/mol. The number of anilines is 1. The van der Waals surface area contributed by atoms with Crippen LogP contribution in [0.3, 0.4) is 0 Å². The maximum absolute atomic E-state index is 12.2. The molecule has 138 valence electrons. The topological polar surface area (TPSA) is 101 Å². The number of carbonyl (C=O) groups excluding carboxylic acids is 2. The van der Waals surface area contributed by atoms with Crippen molar-refractivity contribution < 1.29 is 14.3 Å². The van der Waals surface area contributed by atoms with E-state index in [4.69, 9.17) is 4.74 Å². The van der Waals surface area contributed by atoms with Crippen molar-refractivity contribution in [3.63, 3.8) is 0 Å². The van der Waals surface area contributed by atoms with Crippen LogP contribution in [0.25, 0.3) is 10.9 Å². The lowest BCUT2D eigenvalue weighted by molar-refractivity contribution is -0.116. The van der Waals surface area contributed by atoms with E-state index in [0.29, 0.717) is 40.8 Å². The maximum atomic E-state index is 12.2. The standard InChI is InChI=1S/C20H19N3O4/c1-27-20(26)14-8-3-5-10-16(14)22-18(24)12-6-11-17-21-15-9-4-2-7-13(15)19(25)23-17/h2-5,7-10H,6,11-12H2,1H3,(H,22,24)(H,21,23,25). The highest BCUT2D eigenvalue weighted by molar-refractivity contribution is 6.01. The molecule has 0 saturated carbocycles. The van der Waals surface area contributed by atoms with Gasteiger partial charge in [-0.25, -0.2) is 9.78 Å². The molecule has 1 aromatic heterocycles. The van der Waals surface area contributed by atoms with Crippen LogP contribution in [0.4, 0.5) is 5.69 Å². The Morgan fingerprint density at radius 2 is 1.85 bits per heavy atom. The molecule has 2 aromatic carbocycles. The van der Waals surface area contributed by atoms with Crippen LogP contribution >= 0.6 is 0 Å². The summed E-state index contributed by atoms with van der Waals surface area (Å²) in [6.45, 7) is 0. The molecule has 0 aliphatic carbocycles. The second-order valence-electron chi connectivity index (χ2n) is 5.97. The molecule has 0 unspecified atom stereocenters. The van der Waals surface area contributed by atoms with Crippen LogP contribution in [-0.2, 0) is 16.0 Å². The number of nitrogens with one attached hydrogen (secondary N) is 2. The molecule has 1 amide bonds. The zero-order chi connectivity index (χ0) is 19.2. The average Bonchev–Trinajstić information content (AvgIpc) is 2.68. The summed E-state index contributed by atoms with van der Waals surface area (Å²) in [6, 6.07) is 13.8. The monoisotopic (exact) mass is 365 g/mol. The summed E-state index contributed by atoms with van der Waals surface area (Å²) in [5.74, 6) is -0.195.